The minimum atomic E-state index is -5.08. The van der Waals surface area contributed by atoms with Crippen molar-refractivity contribution >= 4 is 17.8 Å². The van der Waals surface area contributed by atoms with Gasteiger partial charge in [0.2, 0.25) is 5.82 Å². The fraction of sp³-hybridized carbons (Fsp3) is 0.500. The van der Waals surface area contributed by atoms with Gasteiger partial charge in [-0.3, -0.25) is 9.69 Å². The molecule has 0 saturated carbocycles. The van der Waals surface area contributed by atoms with Gasteiger partial charge in [-0.1, -0.05) is 0 Å². The number of methoxy groups -OCH3 is 1. The molecule has 17 heteroatoms. The lowest BCUT2D eigenvalue weighted by Gasteiger charge is -2.40. The molecule has 2 N–H and O–H groups in total. The van der Waals surface area contributed by atoms with Crippen molar-refractivity contribution in [2.45, 2.75) is 37.5 Å². The summed E-state index contributed by atoms with van der Waals surface area (Å²) in [5, 5.41) is 14.2. The molecule has 4 heterocycles. The molecular formula is C22H24F6N4O7. The number of alkyl halides is 6. The number of carboxylic acid groups (broad SMARTS) is 2. The van der Waals surface area contributed by atoms with E-state index in [0.29, 0.717) is 12.5 Å². The molecule has 0 aliphatic carbocycles. The number of likely N-dealkylation sites (tertiary alicyclic amines) is 2. The fourth-order valence-corrected chi connectivity index (χ4v) is 4.07. The highest BCUT2D eigenvalue weighted by atomic mass is 19.4. The Bertz CT molecular complexity index is 1060. The zero-order valence-corrected chi connectivity index (χ0v) is 20.2. The molecule has 4 rings (SSSR count). The standard InChI is InChI=1S/C18H22N4O3.2C2HF3O2/c1-24-16-5-8-22(18(23)17-19-6-3-7-20-17)15-12-21(11-14(15)16)10-13-4-2-9-25-13;2*3-2(4,5)1(6)7/h2-4,6-7,9,14-16H,5,8,10-12H2,1H3;2*(H,6,7)/t14-,15+,16+;;/m0../s1. The van der Waals surface area contributed by atoms with Gasteiger partial charge in [-0.05, 0) is 24.6 Å². The molecule has 216 valence electrons. The molecule has 2 aromatic rings. The molecular weight excluding hydrogens is 546 g/mol. The number of amides is 1. The van der Waals surface area contributed by atoms with Gasteiger partial charge in [0.25, 0.3) is 5.91 Å². The maximum Gasteiger partial charge on any atom is 0.490 e. The minimum absolute atomic E-state index is 0.0926. The third-order valence-electron chi connectivity index (χ3n) is 5.71. The Kier molecular flexibility index (Phi) is 10.8. The number of piperidine rings is 1. The number of hydrogen-bond donors (Lipinski definition) is 2. The SMILES string of the molecule is CO[C@@H]1CCN(C(=O)c2ncccn2)[C@@H]2CN(Cc3ccco3)C[C@@H]21.O=C(O)C(F)(F)F.O=C(O)C(F)(F)F. The van der Waals surface area contributed by atoms with Crippen LogP contribution in [0.4, 0.5) is 26.3 Å². The van der Waals surface area contributed by atoms with Crippen LogP contribution in [0.5, 0.6) is 0 Å². The van der Waals surface area contributed by atoms with Gasteiger partial charge >= 0.3 is 24.3 Å². The van der Waals surface area contributed by atoms with Crippen molar-refractivity contribution in [3.63, 3.8) is 0 Å². The monoisotopic (exact) mass is 570 g/mol. The number of fused-ring (bicyclic) bond motifs is 1. The molecule has 0 spiro atoms. The van der Waals surface area contributed by atoms with E-state index in [4.69, 9.17) is 29.0 Å². The number of halogens is 6. The van der Waals surface area contributed by atoms with Gasteiger partial charge in [0.15, 0.2) is 0 Å². The maximum absolute atomic E-state index is 12.9. The molecule has 2 aliphatic rings. The van der Waals surface area contributed by atoms with Crippen LogP contribution in [0.3, 0.4) is 0 Å². The Labute approximate surface area is 217 Å². The number of carbonyl (C=O) groups is 3. The number of carbonyl (C=O) groups excluding carboxylic acids is 1. The minimum Gasteiger partial charge on any atom is -0.475 e. The molecule has 0 aromatic carbocycles. The topological polar surface area (TPSA) is 146 Å². The zero-order chi connectivity index (χ0) is 29.4. The molecule has 2 fully saturated rings. The fourth-order valence-electron chi connectivity index (χ4n) is 4.07. The highest BCUT2D eigenvalue weighted by Crippen LogP contribution is 2.33. The number of aromatic nitrogens is 2. The van der Waals surface area contributed by atoms with E-state index in [9.17, 15) is 31.1 Å². The van der Waals surface area contributed by atoms with Crippen LogP contribution in [0.2, 0.25) is 0 Å². The Morgan fingerprint density at radius 1 is 1.03 bits per heavy atom. The van der Waals surface area contributed by atoms with Gasteiger partial charge in [0, 0.05) is 45.1 Å². The normalized spacial score (nSPS) is 21.1. The van der Waals surface area contributed by atoms with Crippen molar-refractivity contribution in [2.75, 3.05) is 26.7 Å². The van der Waals surface area contributed by atoms with Crippen LogP contribution >= 0.6 is 0 Å². The van der Waals surface area contributed by atoms with E-state index >= 15 is 0 Å². The Morgan fingerprint density at radius 2 is 1.59 bits per heavy atom. The highest BCUT2D eigenvalue weighted by molar-refractivity contribution is 5.90. The van der Waals surface area contributed by atoms with Gasteiger partial charge in [0.1, 0.15) is 5.76 Å². The lowest BCUT2D eigenvalue weighted by Crippen LogP contribution is -2.53. The first-order chi connectivity index (χ1) is 18.1. The number of carboxylic acids is 2. The number of ether oxygens (including phenoxy) is 1. The van der Waals surface area contributed by atoms with Crippen LogP contribution in [-0.4, -0.2) is 99.1 Å². The summed E-state index contributed by atoms with van der Waals surface area (Å²) in [6.07, 6.45) is -4.24. The summed E-state index contributed by atoms with van der Waals surface area (Å²) in [4.78, 5) is 43.2. The Hall–Kier alpha value is -3.73. The number of hydrogen-bond acceptors (Lipinski definition) is 8. The van der Waals surface area contributed by atoms with Crippen LogP contribution in [0, 0.1) is 5.92 Å². The van der Waals surface area contributed by atoms with Gasteiger partial charge in [-0.2, -0.15) is 26.3 Å². The summed E-state index contributed by atoms with van der Waals surface area (Å²) in [5.41, 5.74) is 0. The van der Waals surface area contributed by atoms with Crippen LogP contribution in [0.15, 0.2) is 41.3 Å². The second kappa shape index (κ2) is 13.4. The highest BCUT2D eigenvalue weighted by Gasteiger charge is 2.46. The van der Waals surface area contributed by atoms with Crippen molar-refractivity contribution in [3.8, 4) is 0 Å². The van der Waals surface area contributed by atoms with Gasteiger partial charge < -0.3 is 24.3 Å². The number of rotatable bonds is 4. The summed E-state index contributed by atoms with van der Waals surface area (Å²) in [5.74, 6) is -4.11. The van der Waals surface area contributed by atoms with E-state index in [0.717, 1.165) is 31.8 Å². The van der Waals surface area contributed by atoms with E-state index in [1.807, 2.05) is 17.0 Å². The van der Waals surface area contributed by atoms with E-state index < -0.39 is 24.3 Å². The second-order valence-corrected chi connectivity index (χ2v) is 8.24. The summed E-state index contributed by atoms with van der Waals surface area (Å²) in [6, 6.07) is 5.72. The number of aliphatic carboxylic acids is 2. The predicted octanol–water partition coefficient (Wildman–Crippen LogP) is 2.70. The molecule has 2 saturated heterocycles. The van der Waals surface area contributed by atoms with Crippen LogP contribution in [0.1, 0.15) is 22.8 Å². The van der Waals surface area contributed by atoms with E-state index in [-0.39, 0.29) is 23.9 Å². The van der Waals surface area contributed by atoms with E-state index in [1.54, 1.807) is 31.8 Å². The third kappa shape index (κ3) is 9.20. The van der Waals surface area contributed by atoms with Gasteiger partial charge in [-0.25, -0.2) is 19.6 Å². The third-order valence-corrected chi connectivity index (χ3v) is 5.71. The van der Waals surface area contributed by atoms with Gasteiger partial charge in [0.05, 0.1) is 25.0 Å². The summed E-state index contributed by atoms with van der Waals surface area (Å²) in [6.45, 7) is 3.12. The molecule has 2 aliphatic heterocycles. The smallest absolute Gasteiger partial charge is 0.475 e. The first-order valence-electron chi connectivity index (χ1n) is 11.1. The van der Waals surface area contributed by atoms with Crippen molar-refractivity contribution in [3.05, 3.63) is 48.4 Å². The first-order valence-corrected chi connectivity index (χ1v) is 11.1. The Morgan fingerprint density at radius 3 is 2.05 bits per heavy atom. The molecule has 0 bridgehead atoms. The number of furan rings is 1. The molecule has 0 radical (unpaired) electrons. The summed E-state index contributed by atoms with van der Waals surface area (Å²) < 4.78 is 74.6. The molecule has 2 aromatic heterocycles. The second-order valence-electron chi connectivity index (χ2n) is 8.24. The maximum atomic E-state index is 12.9. The van der Waals surface area contributed by atoms with Crippen LogP contribution in [-0.2, 0) is 20.9 Å². The number of nitrogens with zero attached hydrogens (tertiary/aromatic N) is 4. The largest absolute Gasteiger partial charge is 0.490 e. The lowest BCUT2D eigenvalue weighted by molar-refractivity contribution is -0.193. The predicted molar refractivity (Wildman–Crippen MR) is 117 cm³/mol. The van der Waals surface area contributed by atoms with E-state index in [2.05, 4.69) is 14.9 Å². The average Bonchev–Trinajstić information content (AvgIpc) is 3.53. The first kappa shape index (κ1) is 31.5. The van der Waals surface area contributed by atoms with Crippen LogP contribution in [0.25, 0.3) is 0 Å². The molecule has 39 heavy (non-hydrogen) atoms. The zero-order valence-electron chi connectivity index (χ0n) is 20.2. The molecule has 0 unspecified atom stereocenters. The quantitative estimate of drug-likeness (QED) is 0.526. The van der Waals surface area contributed by atoms with Crippen molar-refractivity contribution in [1.82, 2.24) is 19.8 Å². The van der Waals surface area contributed by atoms with Crippen LogP contribution < -0.4 is 0 Å². The van der Waals surface area contributed by atoms with Crippen molar-refractivity contribution in [1.29, 1.82) is 0 Å². The van der Waals surface area contributed by atoms with Gasteiger partial charge in [-0.15, -0.1) is 0 Å². The molecule has 3 atom stereocenters. The van der Waals surface area contributed by atoms with E-state index in [1.165, 1.54) is 0 Å². The molecule has 11 nitrogen and oxygen atoms in total. The Balaban J connectivity index is 0.000000317. The van der Waals surface area contributed by atoms with Crippen molar-refractivity contribution in [2.24, 2.45) is 5.92 Å². The average molecular weight is 570 g/mol. The summed E-state index contributed by atoms with van der Waals surface area (Å²) >= 11 is 0. The van der Waals surface area contributed by atoms with Crippen molar-refractivity contribution < 1.29 is 60.1 Å². The lowest BCUT2D eigenvalue weighted by atomic mass is 9.89. The summed E-state index contributed by atoms with van der Waals surface area (Å²) in [7, 11) is 1.76. The molecule has 1 amide bonds.